The fourth-order valence-corrected chi connectivity index (χ4v) is 10.1. The number of hydrogen-bond acceptors (Lipinski definition) is 6. The Balaban J connectivity index is 4.33. The van der Waals surface area contributed by atoms with Crippen molar-refractivity contribution in [2.24, 2.45) is 0 Å². The zero-order valence-electron chi connectivity index (χ0n) is 54.7. The minimum Gasteiger partial charge on any atom is -0.462 e. The smallest absolute Gasteiger partial charge is 0.306 e. The van der Waals surface area contributed by atoms with Crippen molar-refractivity contribution in [1.82, 2.24) is 0 Å². The number of allylic oxidation sites excluding steroid dienone is 18. The number of hydrogen-bond donors (Lipinski definition) is 0. The van der Waals surface area contributed by atoms with Crippen LogP contribution in [-0.4, -0.2) is 37.2 Å². The van der Waals surface area contributed by atoms with E-state index in [4.69, 9.17) is 14.2 Å². The Labute approximate surface area is 514 Å². The molecule has 0 aliphatic heterocycles. The van der Waals surface area contributed by atoms with Crippen molar-refractivity contribution in [3.8, 4) is 0 Å². The molecule has 0 radical (unpaired) electrons. The molecule has 6 nitrogen and oxygen atoms in total. The van der Waals surface area contributed by atoms with Gasteiger partial charge in [-0.15, -0.1) is 0 Å². The molecule has 0 saturated carbocycles. The number of unbranched alkanes of at least 4 members (excludes halogenated alkanes) is 35. The highest BCUT2D eigenvalue weighted by Crippen LogP contribution is 2.18. The van der Waals surface area contributed by atoms with Gasteiger partial charge in [-0.3, -0.25) is 14.4 Å². The van der Waals surface area contributed by atoms with Crippen LogP contribution in [-0.2, 0) is 28.6 Å². The van der Waals surface area contributed by atoms with E-state index in [1.807, 2.05) is 0 Å². The van der Waals surface area contributed by atoms with Gasteiger partial charge in [-0.25, -0.2) is 0 Å². The lowest BCUT2D eigenvalue weighted by atomic mass is 10.0. The highest BCUT2D eigenvalue weighted by Gasteiger charge is 2.19. The summed E-state index contributed by atoms with van der Waals surface area (Å²) in [6, 6.07) is 0. The molecule has 0 bridgehead atoms. The van der Waals surface area contributed by atoms with Crippen molar-refractivity contribution < 1.29 is 28.6 Å². The molecule has 0 aromatic carbocycles. The average molecular weight is 1150 g/mol. The van der Waals surface area contributed by atoms with Crippen LogP contribution in [0, 0.1) is 0 Å². The summed E-state index contributed by atoms with van der Waals surface area (Å²) in [7, 11) is 0. The molecule has 0 spiro atoms. The van der Waals surface area contributed by atoms with Gasteiger partial charge in [-0.2, -0.15) is 0 Å². The van der Waals surface area contributed by atoms with Crippen molar-refractivity contribution >= 4 is 17.9 Å². The second-order valence-electron chi connectivity index (χ2n) is 23.4. The monoisotopic (exact) mass is 1150 g/mol. The lowest BCUT2D eigenvalue weighted by Gasteiger charge is -2.18. The molecule has 0 aromatic heterocycles. The lowest BCUT2D eigenvalue weighted by molar-refractivity contribution is -0.167. The van der Waals surface area contributed by atoms with Crippen molar-refractivity contribution in [1.29, 1.82) is 0 Å². The van der Waals surface area contributed by atoms with E-state index in [-0.39, 0.29) is 37.5 Å². The number of esters is 3. The molecule has 1 unspecified atom stereocenters. The second kappa shape index (κ2) is 70.6. The SMILES string of the molecule is CC/C=C\C/C=C\C/C=C\C/C=C\C/C=C\CCCC(=O)OCC(COC(=O)CCCCCCCCCCCCCCCCCC/C=C\C/C=C\C/C=C\C/C=C\CC)OC(=O)CCCCCCCCCCCCCCCCCCCCC. The van der Waals surface area contributed by atoms with Gasteiger partial charge in [-0.1, -0.05) is 336 Å². The maximum absolute atomic E-state index is 13.0. The molecule has 0 heterocycles. The van der Waals surface area contributed by atoms with Gasteiger partial charge in [-0.05, 0) is 96.3 Å². The molecule has 6 heteroatoms. The number of carbonyl (C=O) groups is 3. The topological polar surface area (TPSA) is 78.9 Å². The first-order chi connectivity index (χ1) is 41.0. The fraction of sp³-hybridized carbons (Fsp3) is 0.727. The highest BCUT2D eigenvalue weighted by atomic mass is 16.6. The van der Waals surface area contributed by atoms with Gasteiger partial charge in [0.25, 0.3) is 0 Å². The Morgan fingerprint density at radius 3 is 0.783 bits per heavy atom. The van der Waals surface area contributed by atoms with Crippen LogP contribution < -0.4 is 0 Å². The molecule has 0 rings (SSSR count). The Morgan fingerprint density at radius 1 is 0.253 bits per heavy atom. The quantitative estimate of drug-likeness (QED) is 0.0261. The molecule has 83 heavy (non-hydrogen) atoms. The van der Waals surface area contributed by atoms with Gasteiger partial charge < -0.3 is 14.2 Å². The summed E-state index contributed by atoms with van der Waals surface area (Å²) in [6.45, 7) is 6.41. The summed E-state index contributed by atoms with van der Waals surface area (Å²) in [6.07, 6.45) is 97.0. The average Bonchev–Trinajstić information content (AvgIpc) is 3.50. The summed E-state index contributed by atoms with van der Waals surface area (Å²) in [5, 5.41) is 0. The third kappa shape index (κ3) is 68.7. The normalized spacial score (nSPS) is 12.8. The van der Waals surface area contributed by atoms with E-state index in [2.05, 4.69) is 130 Å². The Hall–Kier alpha value is -3.93. The van der Waals surface area contributed by atoms with Crippen LogP contribution in [0.3, 0.4) is 0 Å². The van der Waals surface area contributed by atoms with Gasteiger partial charge in [0, 0.05) is 19.3 Å². The molecular formula is C77H132O6. The standard InChI is InChI=1S/C77H132O6/c1-4-7-10-13-16-19-22-25-28-31-33-34-35-36-37-38-39-40-41-42-44-46-49-52-55-58-61-64-67-70-76(79)82-73-74(72-81-75(78)69-66-63-60-57-54-51-48-45-30-27-24-21-18-15-12-9-6-3)83-77(80)71-68-65-62-59-56-53-50-47-43-32-29-26-23-20-17-14-11-8-5-2/h7,9-10,12,16,18-19,21,25,27-28,30,33-34,48,51,57,60,74H,4-6,8,11,13-15,17,20,22-24,26,29,31-32,35-47,49-50,52-56,58-59,61-73H2,1-3H3/b10-7-,12-9-,19-16-,21-18-,28-25-,30-27-,34-33-,51-48-,60-57-. The Morgan fingerprint density at radius 2 is 0.482 bits per heavy atom. The zero-order chi connectivity index (χ0) is 59.9. The maximum atomic E-state index is 13.0. The first-order valence-corrected chi connectivity index (χ1v) is 35.4. The number of carbonyl (C=O) groups excluding carboxylic acids is 3. The van der Waals surface area contributed by atoms with Crippen LogP contribution in [0.15, 0.2) is 109 Å². The molecule has 1 atom stereocenters. The predicted octanol–water partition coefficient (Wildman–Crippen LogP) is 24.6. The number of ether oxygens (including phenoxy) is 3. The van der Waals surface area contributed by atoms with E-state index in [1.165, 1.54) is 193 Å². The van der Waals surface area contributed by atoms with Crippen molar-refractivity contribution in [3.63, 3.8) is 0 Å². The Kier molecular flexibility index (Phi) is 67.2. The van der Waals surface area contributed by atoms with Gasteiger partial charge in [0.05, 0.1) is 0 Å². The second-order valence-corrected chi connectivity index (χ2v) is 23.4. The van der Waals surface area contributed by atoms with Crippen LogP contribution in [0.2, 0.25) is 0 Å². The van der Waals surface area contributed by atoms with E-state index >= 15 is 0 Å². The molecule has 476 valence electrons. The fourth-order valence-electron chi connectivity index (χ4n) is 10.1. The summed E-state index contributed by atoms with van der Waals surface area (Å²) in [5.41, 5.74) is 0. The van der Waals surface area contributed by atoms with Gasteiger partial charge in [0.2, 0.25) is 0 Å². The van der Waals surface area contributed by atoms with E-state index in [0.29, 0.717) is 19.3 Å². The van der Waals surface area contributed by atoms with E-state index in [1.54, 1.807) is 0 Å². The van der Waals surface area contributed by atoms with Gasteiger partial charge >= 0.3 is 17.9 Å². The summed E-state index contributed by atoms with van der Waals surface area (Å²) < 4.78 is 16.9. The first-order valence-electron chi connectivity index (χ1n) is 35.4. The first kappa shape index (κ1) is 79.1. The molecule has 0 amide bonds. The van der Waals surface area contributed by atoms with Gasteiger partial charge in [0.15, 0.2) is 6.10 Å². The molecule has 0 aliphatic carbocycles. The van der Waals surface area contributed by atoms with Crippen molar-refractivity contribution in [3.05, 3.63) is 109 Å². The molecular weight excluding hydrogens is 1020 g/mol. The van der Waals surface area contributed by atoms with E-state index in [9.17, 15) is 14.4 Å². The van der Waals surface area contributed by atoms with Crippen molar-refractivity contribution in [2.75, 3.05) is 13.2 Å². The molecule has 0 aliphatic rings. The summed E-state index contributed by atoms with van der Waals surface area (Å²) in [5.74, 6) is -0.936. The zero-order valence-corrected chi connectivity index (χ0v) is 54.7. The summed E-state index contributed by atoms with van der Waals surface area (Å²) in [4.78, 5) is 38.4. The van der Waals surface area contributed by atoms with Crippen LogP contribution in [0.1, 0.15) is 342 Å². The molecule has 0 N–H and O–H groups in total. The third-order valence-corrected chi connectivity index (χ3v) is 15.3. The largest absolute Gasteiger partial charge is 0.462 e. The predicted molar refractivity (Wildman–Crippen MR) is 362 cm³/mol. The molecule has 0 saturated heterocycles. The molecule has 0 fully saturated rings. The Bertz CT molecular complexity index is 1660. The van der Waals surface area contributed by atoms with Crippen LogP contribution >= 0.6 is 0 Å². The minimum atomic E-state index is -0.801. The third-order valence-electron chi connectivity index (χ3n) is 15.3. The van der Waals surface area contributed by atoms with Crippen LogP contribution in [0.4, 0.5) is 0 Å². The van der Waals surface area contributed by atoms with Crippen molar-refractivity contribution in [2.45, 2.75) is 348 Å². The molecule has 0 aromatic rings. The highest BCUT2D eigenvalue weighted by molar-refractivity contribution is 5.71. The van der Waals surface area contributed by atoms with Crippen LogP contribution in [0.5, 0.6) is 0 Å². The lowest BCUT2D eigenvalue weighted by Crippen LogP contribution is -2.30. The van der Waals surface area contributed by atoms with E-state index in [0.717, 1.165) is 103 Å². The van der Waals surface area contributed by atoms with Gasteiger partial charge in [0.1, 0.15) is 13.2 Å². The van der Waals surface area contributed by atoms with Crippen LogP contribution in [0.25, 0.3) is 0 Å². The summed E-state index contributed by atoms with van der Waals surface area (Å²) >= 11 is 0. The van der Waals surface area contributed by atoms with E-state index < -0.39 is 6.10 Å². The number of rotatable bonds is 64. The minimum absolute atomic E-state index is 0.0924. The maximum Gasteiger partial charge on any atom is 0.306 e.